The maximum Gasteiger partial charge on any atom is 0.0890 e. The number of rotatable bonds is 4. The largest absolute Gasteiger partial charge is 0.399 e. The van der Waals surface area contributed by atoms with Crippen LogP contribution in [0.5, 0.6) is 0 Å². The van der Waals surface area contributed by atoms with E-state index >= 15 is 0 Å². The van der Waals surface area contributed by atoms with Gasteiger partial charge in [-0.25, -0.2) is 0 Å². The molecule has 0 heterocycles. The normalized spacial score (nSPS) is 11.1. The van der Waals surface area contributed by atoms with Crippen molar-refractivity contribution in [3.05, 3.63) is 94.0 Å². The van der Waals surface area contributed by atoms with Gasteiger partial charge in [-0.2, -0.15) is 20.5 Å². The summed E-state index contributed by atoms with van der Waals surface area (Å²) in [6.07, 6.45) is 0. The van der Waals surface area contributed by atoms with Crippen molar-refractivity contribution < 1.29 is 0 Å². The minimum absolute atomic E-state index is 0.732. The Hall–Kier alpha value is -4.72. The number of hydrogen-bond donors (Lipinski definition) is 4. The predicted molar refractivity (Wildman–Crippen MR) is 160 cm³/mol. The Morgan fingerprint density at radius 2 is 0.868 bits per heavy atom. The summed E-state index contributed by atoms with van der Waals surface area (Å²) in [4.78, 5) is 0. The predicted octanol–water partition coefficient (Wildman–Crippen LogP) is 8.38. The van der Waals surface area contributed by atoms with Crippen molar-refractivity contribution >= 4 is 45.5 Å². The van der Waals surface area contributed by atoms with Gasteiger partial charge < -0.3 is 22.9 Å². The lowest BCUT2D eigenvalue weighted by atomic mass is 10.1. The molecule has 0 aliphatic carbocycles. The number of nitrogens with zero attached hydrogens (tertiary/aromatic N) is 4. The summed E-state index contributed by atoms with van der Waals surface area (Å²) in [6, 6.07) is 18.9. The molecule has 0 aromatic heterocycles. The molecule has 0 amide bonds. The van der Waals surface area contributed by atoms with Gasteiger partial charge in [0.15, 0.2) is 0 Å². The van der Waals surface area contributed by atoms with Gasteiger partial charge >= 0.3 is 0 Å². The van der Waals surface area contributed by atoms with E-state index in [0.717, 1.165) is 78.9 Å². The average Bonchev–Trinajstić information content (AvgIpc) is 2.85. The third kappa shape index (κ3) is 7.16. The van der Waals surface area contributed by atoms with Gasteiger partial charge in [0.1, 0.15) is 0 Å². The lowest BCUT2D eigenvalue weighted by Crippen LogP contribution is -1.90. The molecular formula is C30H36N8. The number of aryl methyl sites for hydroxylation is 6. The summed E-state index contributed by atoms with van der Waals surface area (Å²) in [5, 5.41) is 17.1. The van der Waals surface area contributed by atoms with Crippen LogP contribution in [0.25, 0.3) is 0 Å². The Kier molecular flexibility index (Phi) is 8.81. The molecule has 0 radical (unpaired) electrons. The molecule has 0 atom stereocenters. The van der Waals surface area contributed by atoms with Crippen LogP contribution in [0, 0.1) is 41.5 Å². The maximum atomic E-state index is 5.85. The van der Waals surface area contributed by atoms with Gasteiger partial charge in [0.2, 0.25) is 0 Å². The van der Waals surface area contributed by atoms with E-state index in [9.17, 15) is 0 Å². The number of azo groups is 2. The Morgan fingerprint density at radius 3 is 1.39 bits per heavy atom. The molecule has 4 rings (SSSR count). The maximum absolute atomic E-state index is 5.85. The molecule has 0 fully saturated rings. The molecule has 0 aliphatic rings. The highest BCUT2D eigenvalue weighted by molar-refractivity contribution is 5.61. The Bertz CT molecular complexity index is 1520. The molecule has 0 saturated carbocycles. The highest BCUT2D eigenvalue weighted by atomic mass is 15.1. The Labute approximate surface area is 224 Å². The molecule has 0 saturated heterocycles. The molecule has 0 unspecified atom stereocenters. The summed E-state index contributed by atoms with van der Waals surface area (Å²) < 4.78 is 0. The minimum Gasteiger partial charge on any atom is -0.399 e. The van der Waals surface area contributed by atoms with Gasteiger partial charge in [0.25, 0.3) is 0 Å². The molecule has 8 heteroatoms. The Morgan fingerprint density at radius 1 is 0.395 bits per heavy atom. The van der Waals surface area contributed by atoms with Crippen LogP contribution < -0.4 is 22.9 Å². The Balaban J connectivity index is 0.000000211. The standard InChI is InChI=1S/2C15H18N4/c1-9-8-15(11(3)7-13(9)17)19-18-14-5-4-12(16)6-10(14)2;1-9-6-12(4-5-13(9)16)18-19-15-8-10(2)14(17)7-11(15)3/h2*4-8H,16-17H2,1-3H3. The van der Waals surface area contributed by atoms with Crippen LogP contribution in [-0.2, 0) is 0 Å². The zero-order chi connectivity index (χ0) is 28.0. The molecular weight excluding hydrogens is 472 g/mol. The summed E-state index contributed by atoms with van der Waals surface area (Å²) in [7, 11) is 0. The number of benzene rings is 4. The first-order valence-corrected chi connectivity index (χ1v) is 12.2. The van der Waals surface area contributed by atoms with Gasteiger partial charge in [0, 0.05) is 22.7 Å². The van der Waals surface area contributed by atoms with Crippen LogP contribution in [0.1, 0.15) is 33.4 Å². The van der Waals surface area contributed by atoms with Crippen molar-refractivity contribution in [1.29, 1.82) is 0 Å². The molecule has 4 aromatic rings. The molecule has 38 heavy (non-hydrogen) atoms. The lowest BCUT2D eigenvalue weighted by Gasteiger charge is -2.05. The fourth-order valence-corrected chi connectivity index (χ4v) is 3.59. The van der Waals surface area contributed by atoms with Crippen LogP contribution in [0.3, 0.4) is 0 Å². The summed E-state index contributed by atoms with van der Waals surface area (Å²) in [6.45, 7) is 11.8. The first-order chi connectivity index (χ1) is 17.9. The number of hydrogen-bond acceptors (Lipinski definition) is 8. The number of anilines is 4. The van der Waals surface area contributed by atoms with Crippen molar-refractivity contribution in [2.45, 2.75) is 41.5 Å². The van der Waals surface area contributed by atoms with E-state index in [1.54, 1.807) is 0 Å². The zero-order valence-electron chi connectivity index (χ0n) is 22.9. The van der Waals surface area contributed by atoms with E-state index in [4.69, 9.17) is 22.9 Å². The molecule has 0 spiro atoms. The van der Waals surface area contributed by atoms with E-state index in [1.165, 1.54) is 0 Å². The monoisotopic (exact) mass is 508 g/mol. The quantitative estimate of drug-likeness (QED) is 0.161. The molecule has 0 aliphatic heterocycles. The van der Waals surface area contributed by atoms with Crippen LogP contribution in [0.4, 0.5) is 45.5 Å². The van der Waals surface area contributed by atoms with Crippen molar-refractivity contribution in [1.82, 2.24) is 0 Å². The van der Waals surface area contributed by atoms with E-state index < -0.39 is 0 Å². The number of nitrogen functional groups attached to an aromatic ring is 4. The van der Waals surface area contributed by atoms with Crippen molar-refractivity contribution in [3.8, 4) is 0 Å². The number of nitrogens with two attached hydrogens (primary N) is 4. The highest BCUT2D eigenvalue weighted by Gasteiger charge is 2.03. The summed E-state index contributed by atoms with van der Waals surface area (Å²) in [5.41, 5.74) is 35.6. The molecule has 8 N–H and O–H groups in total. The second-order valence-electron chi connectivity index (χ2n) is 9.48. The lowest BCUT2D eigenvalue weighted by molar-refractivity contribution is 1.19. The van der Waals surface area contributed by atoms with Gasteiger partial charge in [-0.1, -0.05) is 0 Å². The fraction of sp³-hybridized carbons (Fsp3) is 0.200. The molecule has 0 bridgehead atoms. The van der Waals surface area contributed by atoms with Crippen LogP contribution in [0.15, 0.2) is 81.1 Å². The van der Waals surface area contributed by atoms with Crippen molar-refractivity contribution in [2.24, 2.45) is 20.5 Å². The van der Waals surface area contributed by atoms with E-state index in [-0.39, 0.29) is 0 Å². The summed E-state index contributed by atoms with van der Waals surface area (Å²) in [5.74, 6) is 0. The van der Waals surface area contributed by atoms with E-state index in [2.05, 4.69) is 20.5 Å². The van der Waals surface area contributed by atoms with Gasteiger partial charge in [-0.3, -0.25) is 0 Å². The first kappa shape index (κ1) is 27.9. The molecule has 8 nitrogen and oxygen atoms in total. The van der Waals surface area contributed by atoms with Crippen molar-refractivity contribution in [2.75, 3.05) is 22.9 Å². The molecule has 4 aromatic carbocycles. The van der Waals surface area contributed by atoms with Gasteiger partial charge in [-0.15, -0.1) is 0 Å². The minimum atomic E-state index is 0.732. The van der Waals surface area contributed by atoms with Crippen molar-refractivity contribution in [3.63, 3.8) is 0 Å². The van der Waals surface area contributed by atoms with Gasteiger partial charge in [-0.05, 0) is 136 Å². The zero-order valence-corrected chi connectivity index (χ0v) is 22.9. The second-order valence-corrected chi connectivity index (χ2v) is 9.48. The third-order valence-electron chi connectivity index (χ3n) is 6.18. The second kappa shape index (κ2) is 12.0. The molecule has 196 valence electrons. The average molecular weight is 509 g/mol. The fourth-order valence-electron chi connectivity index (χ4n) is 3.59. The summed E-state index contributed by atoms with van der Waals surface area (Å²) >= 11 is 0. The third-order valence-corrected chi connectivity index (χ3v) is 6.18. The van der Waals surface area contributed by atoms with E-state index in [1.807, 2.05) is 102 Å². The van der Waals surface area contributed by atoms with Crippen LogP contribution in [0.2, 0.25) is 0 Å². The first-order valence-electron chi connectivity index (χ1n) is 12.2. The SMILES string of the molecule is Cc1cc(N=Nc2cc(C)c(N)cc2C)ccc1N.Cc1cc(N=Nc2ccc(N)cc2C)c(C)cc1N. The smallest absolute Gasteiger partial charge is 0.0890 e. The van der Waals surface area contributed by atoms with Crippen LogP contribution >= 0.6 is 0 Å². The topological polar surface area (TPSA) is 154 Å². The highest BCUT2D eigenvalue weighted by Crippen LogP contribution is 2.29. The van der Waals surface area contributed by atoms with Crippen LogP contribution in [-0.4, -0.2) is 0 Å². The van der Waals surface area contributed by atoms with Gasteiger partial charge in [0.05, 0.1) is 22.7 Å². The van der Waals surface area contributed by atoms with E-state index in [0.29, 0.717) is 0 Å².